The second kappa shape index (κ2) is 9.55. The molecule has 0 aliphatic carbocycles. The average Bonchev–Trinajstić information content (AvgIpc) is 2.61. The Morgan fingerprint density at radius 3 is 2.75 bits per heavy atom. The zero-order chi connectivity index (χ0) is 17.2. The summed E-state index contributed by atoms with van der Waals surface area (Å²) in [5.74, 6) is 1.43. The average molecular weight is 326 g/mol. The van der Waals surface area contributed by atoms with Gasteiger partial charge in [-0.3, -0.25) is 4.99 Å². The number of rotatable bonds is 7. The van der Waals surface area contributed by atoms with Crippen LogP contribution < -0.4 is 15.4 Å². The first-order valence-corrected chi connectivity index (χ1v) is 8.29. The Hall–Kier alpha value is -2.56. The number of benzene rings is 1. The van der Waals surface area contributed by atoms with Gasteiger partial charge < -0.3 is 15.4 Å². The van der Waals surface area contributed by atoms with E-state index in [9.17, 15) is 0 Å². The van der Waals surface area contributed by atoms with E-state index < -0.39 is 0 Å². The van der Waals surface area contributed by atoms with Gasteiger partial charge in [-0.2, -0.15) is 0 Å². The van der Waals surface area contributed by atoms with Crippen molar-refractivity contribution >= 4 is 5.96 Å². The molecule has 1 aromatic carbocycles. The molecule has 0 saturated carbocycles. The molecular weight excluding hydrogens is 300 g/mol. The van der Waals surface area contributed by atoms with Crippen molar-refractivity contribution in [3.63, 3.8) is 0 Å². The molecule has 5 heteroatoms. The van der Waals surface area contributed by atoms with Crippen LogP contribution in [0.1, 0.15) is 30.0 Å². The maximum Gasteiger partial charge on any atom is 0.218 e. The minimum atomic E-state index is 0.611. The van der Waals surface area contributed by atoms with Crippen molar-refractivity contribution in [3.8, 4) is 5.88 Å². The van der Waals surface area contributed by atoms with E-state index in [0.29, 0.717) is 19.0 Å². The van der Waals surface area contributed by atoms with Gasteiger partial charge in [0.25, 0.3) is 0 Å². The van der Waals surface area contributed by atoms with Crippen LogP contribution in [0, 0.1) is 6.92 Å². The Labute approximate surface area is 144 Å². The van der Waals surface area contributed by atoms with Crippen molar-refractivity contribution in [1.29, 1.82) is 0 Å². The van der Waals surface area contributed by atoms with Gasteiger partial charge in [0.1, 0.15) is 0 Å². The zero-order valence-electron chi connectivity index (χ0n) is 14.7. The molecule has 0 fully saturated rings. The van der Waals surface area contributed by atoms with Gasteiger partial charge in [-0.15, -0.1) is 0 Å². The summed E-state index contributed by atoms with van der Waals surface area (Å²) < 4.78 is 5.68. The number of aryl methyl sites for hydroxylation is 1. The Morgan fingerprint density at radius 1 is 1.17 bits per heavy atom. The summed E-state index contributed by atoms with van der Waals surface area (Å²) in [5.41, 5.74) is 3.50. The number of ether oxygens (including phenoxy) is 1. The van der Waals surface area contributed by atoms with Crippen molar-refractivity contribution in [1.82, 2.24) is 15.6 Å². The summed E-state index contributed by atoms with van der Waals surface area (Å²) in [5, 5.41) is 6.63. The molecule has 24 heavy (non-hydrogen) atoms. The van der Waals surface area contributed by atoms with Gasteiger partial charge >= 0.3 is 0 Å². The van der Waals surface area contributed by atoms with E-state index in [-0.39, 0.29) is 0 Å². The van der Waals surface area contributed by atoms with Gasteiger partial charge in [0.2, 0.25) is 5.88 Å². The SMILES string of the molecule is CCCOc1ncccc1CNC(=NC)NCc1cccc(C)c1. The smallest absolute Gasteiger partial charge is 0.218 e. The molecule has 0 aliphatic heterocycles. The molecule has 2 aromatic rings. The van der Waals surface area contributed by atoms with Crippen molar-refractivity contribution in [3.05, 3.63) is 59.3 Å². The summed E-state index contributed by atoms with van der Waals surface area (Å²) in [4.78, 5) is 8.57. The standard InChI is InChI=1S/C19H26N4O/c1-4-11-24-18-17(9-6-10-21-18)14-23-19(20-3)22-13-16-8-5-7-15(2)12-16/h5-10,12H,4,11,13-14H2,1-3H3,(H2,20,22,23). The fraction of sp³-hybridized carbons (Fsp3) is 0.368. The van der Waals surface area contributed by atoms with Gasteiger partial charge in [-0.1, -0.05) is 42.8 Å². The quantitative estimate of drug-likeness (QED) is 0.606. The fourth-order valence-corrected chi connectivity index (χ4v) is 2.29. The Balaban J connectivity index is 1.90. The second-order valence-corrected chi connectivity index (χ2v) is 5.58. The predicted molar refractivity (Wildman–Crippen MR) is 98.2 cm³/mol. The van der Waals surface area contributed by atoms with Crippen LogP contribution in [-0.4, -0.2) is 24.6 Å². The van der Waals surface area contributed by atoms with Crippen LogP contribution in [0.3, 0.4) is 0 Å². The lowest BCUT2D eigenvalue weighted by molar-refractivity contribution is 0.301. The molecule has 0 aliphatic rings. The monoisotopic (exact) mass is 326 g/mol. The number of hydrogen-bond acceptors (Lipinski definition) is 3. The third kappa shape index (κ3) is 5.57. The van der Waals surface area contributed by atoms with Crippen molar-refractivity contribution < 1.29 is 4.74 Å². The first kappa shape index (κ1) is 17.8. The normalized spacial score (nSPS) is 11.2. The number of nitrogens with zero attached hydrogens (tertiary/aromatic N) is 2. The molecule has 0 bridgehead atoms. The lowest BCUT2D eigenvalue weighted by Gasteiger charge is -2.14. The molecule has 2 rings (SSSR count). The highest BCUT2D eigenvalue weighted by Crippen LogP contribution is 2.14. The second-order valence-electron chi connectivity index (χ2n) is 5.58. The van der Waals surface area contributed by atoms with Crippen LogP contribution in [0.15, 0.2) is 47.6 Å². The highest BCUT2D eigenvalue weighted by Gasteiger charge is 2.06. The van der Waals surface area contributed by atoms with Gasteiger partial charge in [0, 0.05) is 31.9 Å². The number of aromatic nitrogens is 1. The molecule has 0 unspecified atom stereocenters. The van der Waals surface area contributed by atoms with E-state index in [2.05, 4.69) is 58.7 Å². The van der Waals surface area contributed by atoms with E-state index in [1.54, 1.807) is 13.2 Å². The highest BCUT2D eigenvalue weighted by atomic mass is 16.5. The molecule has 1 aromatic heterocycles. The van der Waals surface area contributed by atoms with E-state index in [1.807, 2.05) is 12.1 Å². The molecule has 2 N–H and O–H groups in total. The lowest BCUT2D eigenvalue weighted by Crippen LogP contribution is -2.36. The van der Waals surface area contributed by atoms with E-state index in [4.69, 9.17) is 4.74 Å². The Kier molecular flexibility index (Phi) is 7.08. The fourth-order valence-electron chi connectivity index (χ4n) is 2.29. The number of pyridine rings is 1. The predicted octanol–water partition coefficient (Wildman–Crippen LogP) is 3.04. The van der Waals surface area contributed by atoms with Gasteiger partial charge in [0.15, 0.2) is 5.96 Å². The molecule has 0 amide bonds. The molecule has 0 spiro atoms. The van der Waals surface area contributed by atoms with Crippen molar-refractivity contribution in [2.45, 2.75) is 33.4 Å². The Morgan fingerprint density at radius 2 is 2.00 bits per heavy atom. The largest absolute Gasteiger partial charge is 0.477 e. The summed E-state index contributed by atoms with van der Waals surface area (Å²) in [6, 6.07) is 12.4. The number of aliphatic imine (C=N–C) groups is 1. The Bertz CT molecular complexity index is 670. The molecular formula is C19H26N4O. The lowest BCUT2D eigenvalue weighted by atomic mass is 10.1. The van der Waals surface area contributed by atoms with E-state index in [0.717, 1.165) is 24.5 Å². The maximum absolute atomic E-state index is 5.68. The van der Waals surface area contributed by atoms with Crippen LogP contribution in [0.4, 0.5) is 0 Å². The van der Waals surface area contributed by atoms with Crippen molar-refractivity contribution in [2.24, 2.45) is 4.99 Å². The summed E-state index contributed by atoms with van der Waals surface area (Å²) >= 11 is 0. The summed E-state index contributed by atoms with van der Waals surface area (Å²) in [7, 11) is 1.77. The van der Waals surface area contributed by atoms with Gasteiger partial charge in [-0.25, -0.2) is 4.98 Å². The molecule has 0 radical (unpaired) electrons. The van der Waals surface area contributed by atoms with E-state index >= 15 is 0 Å². The van der Waals surface area contributed by atoms with Crippen LogP contribution in [0.5, 0.6) is 5.88 Å². The minimum absolute atomic E-state index is 0.611. The summed E-state index contributed by atoms with van der Waals surface area (Å²) in [6.07, 6.45) is 2.71. The summed E-state index contributed by atoms with van der Waals surface area (Å²) in [6.45, 7) is 6.19. The highest BCUT2D eigenvalue weighted by molar-refractivity contribution is 5.79. The van der Waals surface area contributed by atoms with Crippen LogP contribution >= 0.6 is 0 Å². The van der Waals surface area contributed by atoms with Crippen molar-refractivity contribution in [2.75, 3.05) is 13.7 Å². The zero-order valence-corrected chi connectivity index (χ0v) is 14.7. The molecule has 0 saturated heterocycles. The third-order valence-electron chi connectivity index (χ3n) is 3.51. The number of hydrogen-bond donors (Lipinski definition) is 2. The first-order chi connectivity index (χ1) is 11.7. The van der Waals surface area contributed by atoms with Crippen LogP contribution in [0.2, 0.25) is 0 Å². The maximum atomic E-state index is 5.68. The first-order valence-electron chi connectivity index (χ1n) is 8.29. The molecule has 1 heterocycles. The van der Waals surface area contributed by atoms with E-state index in [1.165, 1.54) is 11.1 Å². The van der Waals surface area contributed by atoms with Gasteiger partial charge in [-0.05, 0) is 25.0 Å². The molecule has 5 nitrogen and oxygen atoms in total. The van der Waals surface area contributed by atoms with Gasteiger partial charge in [0.05, 0.1) is 6.61 Å². The molecule has 0 atom stereocenters. The number of nitrogens with one attached hydrogen (secondary N) is 2. The number of guanidine groups is 1. The minimum Gasteiger partial charge on any atom is -0.477 e. The van der Waals surface area contributed by atoms with Crippen LogP contribution in [-0.2, 0) is 13.1 Å². The molecule has 128 valence electrons. The topological polar surface area (TPSA) is 58.5 Å². The third-order valence-corrected chi connectivity index (χ3v) is 3.51. The van der Waals surface area contributed by atoms with Crippen LogP contribution in [0.25, 0.3) is 0 Å².